The molecule has 2 aromatic carbocycles. The average molecular weight is 287 g/mol. The molecule has 0 saturated heterocycles. The summed E-state index contributed by atoms with van der Waals surface area (Å²) in [5.41, 5.74) is 1.99. The van der Waals surface area contributed by atoms with E-state index in [4.69, 9.17) is 4.74 Å². The van der Waals surface area contributed by atoms with Crippen LogP contribution in [0, 0.1) is 5.82 Å². The molecule has 0 amide bonds. The maximum atomic E-state index is 13.5. The first-order valence-electron chi connectivity index (χ1n) is 7.49. The lowest BCUT2D eigenvalue weighted by atomic mass is 10.1. The van der Waals surface area contributed by atoms with Crippen molar-refractivity contribution in [1.29, 1.82) is 0 Å². The molecular weight excluding hydrogens is 265 g/mol. The van der Waals surface area contributed by atoms with E-state index in [1.165, 1.54) is 12.1 Å². The normalized spacial score (nSPS) is 10.6. The maximum absolute atomic E-state index is 13.5. The van der Waals surface area contributed by atoms with E-state index in [1.807, 2.05) is 24.3 Å². The van der Waals surface area contributed by atoms with Crippen LogP contribution < -0.4 is 10.1 Å². The molecule has 0 heterocycles. The zero-order valence-corrected chi connectivity index (χ0v) is 12.7. The predicted octanol–water partition coefficient (Wildman–Crippen LogP) is 4.68. The molecule has 0 atom stereocenters. The van der Waals surface area contributed by atoms with E-state index in [9.17, 15) is 4.39 Å². The number of benzene rings is 2. The monoisotopic (exact) mass is 287 g/mol. The Balaban J connectivity index is 2.22. The van der Waals surface area contributed by atoms with Crippen LogP contribution in [0.5, 0.6) is 11.5 Å². The Labute approximate surface area is 126 Å². The van der Waals surface area contributed by atoms with Gasteiger partial charge in [0, 0.05) is 12.1 Å². The summed E-state index contributed by atoms with van der Waals surface area (Å²) in [4.78, 5) is 0. The minimum Gasteiger partial charge on any atom is -0.457 e. The summed E-state index contributed by atoms with van der Waals surface area (Å²) in [6, 6.07) is 12.6. The van der Waals surface area contributed by atoms with Crippen LogP contribution in [-0.2, 0) is 13.0 Å². The molecule has 0 unspecified atom stereocenters. The zero-order chi connectivity index (χ0) is 15.1. The van der Waals surface area contributed by atoms with Crippen LogP contribution in [0.15, 0.2) is 42.5 Å². The number of hydrogen-bond donors (Lipinski definition) is 1. The van der Waals surface area contributed by atoms with E-state index in [-0.39, 0.29) is 5.82 Å². The van der Waals surface area contributed by atoms with Gasteiger partial charge in [-0.25, -0.2) is 4.39 Å². The maximum Gasteiger partial charge on any atom is 0.132 e. The third-order valence-corrected chi connectivity index (χ3v) is 3.34. The molecule has 1 N–H and O–H groups in total. The lowest BCUT2D eigenvalue weighted by Gasteiger charge is -2.14. The summed E-state index contributed by atoms with van der Waals surface area (Å²) in [6.07, 6.45) is 1.95. The average Bonchev–Trinajstić information content (AvgIpc) is 2.50. The molecule has 0 bridgehead atoms. The Morgan fingerprint density at radius 2 is 1.76 bits per heavy atom. The van der Waals surface area contributed by atoms with Gasteiger partial charge < -0.3 is 10.1 Å². The topological polar surface area (TPSA) is 21.3 Å². The van der Waals surface area contributed by atoms with Gasteiger partial charge in [0.25, 0.3) is 0 Å². The van der Waals surface area contributed by atoms with Gasteiger partial charge in [-0.1, -0.05) is 32.0 Å². The number of aryl methyl sites for hydroxylation is 1. The number of halogens is 1. The molecule has 0 radical (unpaired) electrons. The Morgan fingerprint density at radius 3 is 2.52 bits per heavy atom. The highest BCUT2D eigenvalue weighted by molar-refractivity contribution is 5.41. The summed E-state index contributed by atoms with van der Waals surface area (Å²) in [7, 11) is 0. The SMILES string of the molecule is CCCNCc1cc(F)ccc1Oc1ccccc1CC. The van der Waals surface area contributed by atoms with Crippen LogP contribution in [0.2, 0.25) is 0 Å². The van der Waals surface area contributed by atoms with Crippen LogP contribution >= 0.6 is 0 Å². The highest BCUT2D eigenvalue weighted by Gasteiger charge is 2.08. The van der Waals surface area contributed by atoms with Crippen molar-refractivity contribution >= 4 is 0 Å². The molecule has 2 aromatic rings. The van der Waals surface area contributed by atoms with Crippen molar-refractivity contribution < 1.29 is 9.13 Å². The van der Waals surface area contributed by atoms with Crippen molar-refractivity contribution in [1.82, 2.24) is 5.32 Å². The first kappa shape index (κ1) is 15.5. The molecular formula is C18H22FNO. The van der Waals surface area contributed by atoms with Crippen molar-refractivity contribution in [2.45, 2.75) is 33.2 Å². The lowest BCUT2D eigenvalue weighted by Crippen LogP contribution is -2.14. The van der Waals surface area contributed by atoms with Gasteiger partial charge in [0.05, 0.1) is 0 Å². The number of ether oxygens (including phenoxy) is 1. The zero-order valence-electron chi connectivity index (χ0n) is 12.7. The predicted molar refractivity (Wildman–Crippen MR) is 84.3 cm³/mol. The molecule has 0 aliphatic heterocycles. The van der Waals surface area contributed by atoms with Crippen LogP contribution in [0.3, 0.4) is 0 Å². The van der Waals surface area contributed by atoms with Crippen LogP contribution in [-0.4, -0.2) is 6.54 Å². The van der Waals surface area contributed by atoms with Crippen LogP contribution in [0.25, 0.3) is 0 Å². The molecule has 0 spiro atoms. The van der Waals surface area contributed by atoms with Gasteiger partial charge in [-0.3, -0.25) is 0 Å². The Bertz CT molecular complexity index is 583. The minimum absolute atomic E-state index is 0.237. The molecule has 0 fully saturated rings. The largest absolute Gasteiger partial charge is 0.457 e. The molecule has 0 aliphatic rings. The summed E-state index contributed by atoms with van der Waals surface area (Å²) in [5.74, 6) is 1.31. The molecule has 21 heavy (non-hydrogen) atoms. The van der Waals surface area contributed by atoms with Crippen LogP contribution in [0.4, 0.5) is 4.39 Å². The number of nitrogens with one attached hydrogen (secondary N) is 1. The molecule has 112 valence electrons. The molecule has 0 saturated carbocycles. The van der Waals surface area contributed by atoms with Crippen molar-refractivity contribution in [3.05, 3.63) is 59.4 Å². The molecule has 2 rings (SSSR count). The van der Waals surface area contributed by atoms with E-state index < -0.39 is 0 Å². The standard InChI is InChI=1S/C18H22FNO/c1-3-11-20-13-15-12-16(19)9-10-18(15)21-17-8-6-5-7-14(17)4-2/h5-10,12,20H,3-4,11,13H2,1-2H3. The summed E-state index contributed by atoms with van der Waals surface area (Å²) in [5, 5.41) is 3.29. The van der Waals surface area contributed by atoms with Crippen molar-refractivity contribution in [3.63, 3.8) is 0 Å². The van der Waals surface area contributed by atoms with Gasteiger partial charge in [0.2, 0.25) is 0 Å². The van der Waals surface area contributed by atoms with Gasteiger partial charge >= 0.3 is 0 Å². The number of rotatable bonds is 7. The second-order valence-corrected chi connectivity index (χ2v) is 4.99. The van der Waals surface area contributed by atoms with E-state index in [2.05, 4.69) is 19.2 Å². The van der Waals surface area contributed by atoms with E-state index in [0.717, 1.165) is 36.3 Å². The first-order valence-corrected chi connectivity index (χ1v) is 7.49. The van der Waals surface area contributed by atoms with Gasteiger partial charge in [0.1, 0.15) is 17.3 Å². The molecule has 0 aromatic heterocycles. The Kier molecular flexibility index (Phi) is 5.76. The fourth-order valence-corrected chi connectivity index (χ4v) is 2.20. The lowest BCUT2D eigenvalue weighted by molar-refractivity contribution is 0.464. The van der Waals surface area contributed by atoms with E-state index >= 15 is 0 Å². The van der Waals surface area contributed by atoms with Gasteiger partial charge in [0.15, 0.2) is 0 Å². The summed E-state index contributed by atoms with van der Waals surface area (Å²) >= 11 is 0. The number of para-hydroxylation sites is 1. The fraction of sp³-hybridized carbons (Fsp3) is 0.333. The van der Waals surface area contributed by atoms with Crippen LogP contribution in [0.1, 0.15) is 31.4 Å². The second-order valence-electron chi connectivity index (χ2n) is 4.99. The van der Waals surface area contributed by atoms with Gasteiger partial charge in [-0.2, -0.15) is 0 Å². The Hall–Kier alpha value is -1.87. The summed E-state index contributed by atoms with van der Waals surface area (Å²) in [6.45, 7) is 5.71. The smallest absolute Gasteiger partial charge is 0.132 e. The van der Waals surface area contributed by atoms with Crippen molar-refractivity contribution in [3.8, 4) is 11.5 Å². The Morgan fingerprint density at radius 1 is 1.00 bits per heavy atom. The number of hydrogen-bond acceptors (Lipinski definition) is 2. The highest BCUT2D eigenvalue weighted by Crippen LogP contribution is 2.29. The fourth-order valence-electron chi connectivity index (χ4n) is 2.20. The molecule has 3 heteroatoms. The second kappa shape index (κ2) is 7.79. The minimum atomic E-state index is -0.237. The first-order chi connectivity index (χ1) is 10.2. The summed E-state index contributed by atoms with van der Waals surface area (Å²) < 4.78 is 19.5. The van der Waals surface area contributed by atoms with Gasteiger partial charge in [-0.05, 0) is 49.2 Å². The highest BCUT2D eigenvalue weighted by atomic mass is 19.1. The quantitative estimate of drug-likeness (QED) is 0.747. The molecule has 2 nitrogen and oxygen atoms in total. The van der Waals surface area contributed by atoms with E-state index in [1.54, 1.807) is 6.07 Å². The molecule has 0 aliphatic carbocycles. The van der Waals surface area contributed by atoms with Crippen molar-refractivity contribution in [2.75, 3.05) is 6.54 Å². The van der Waals surface area contributed by atoms with E-state index in [0.29, 0.717) is 12.3 Å². The third kappa shape index (κ3) is 4.30. The third-order valence-electron chi connectivity index (χ3n) is 3.34. The van der Waals surface area contributed by atoms with Crippen molar-refractivity contribution in [2.24, 2.45) is 0 Å². The van der Waals surface area contributed by atoms with Gasteiger partial charge in [-0.15, -0.1) is 0 Å².